The molecule has 7 heteroatoms. The fourth-order valence-corrected chi connectivity index (χ4v) is 3.78. The molecule has 32 heavy (non-hydrogen) atoms. The van der Waals surface area contributed by atoms with E-state index in [1.807, 2.05) is 31.2 Å². The highest BCUT2D eigenvalue weighted by atomic mass is 19.4. The van der Waals surface area contributed by atoms with Gasteiger partial charge in [-0.1, -0.05) is 55.3 Å². The molecule has 4 aromatic rings. The first-order valence-corrected chi connectivity index (χ1v) is 10.7. The Kier molecular flexibility index (Phi) is 5.91. The van der Waals surface area contributed by atoms with Crippen LogP contribution >= 0.6 is 0 Å². The summed E-state index contributed by atoms with van der Waals surface area (Å²) in [6, 6.07) is 15.2. The van der Waals surface area contributed by atoms with Gasteiger partial charge in [0.2, 0.25) is 0 Å². The van der Waals surface area contributed by atoms with Crippen LogP contribution in [-0.2, 0) is 12.6 Å². The van der Waals surface area contributed by atoms with Gasteiger partial charge in [-0.05, 0) is 37.5 Å². The van der Waals surface area contributed by atoms with Gasteiger partial charge in [0, 0.05) is 24.2 Å². The van der Waals surface area contributed by atoms with E-state index in [4.69, 9.17) is 10.1 Å². The summed E-state index contributed by atoms with van der Waals surface area (Å²) in [6.45, 7) is 4.15. The van der Waals surface area contributed by atoms with E-state index in [0.717, 1.165) is 53.8 Å². The van der Waals surface area contributed by atoms with E-state index >= 15 is 0 Å². The van der Waals surface area contributed by atoms with Gasteiger partial charge in [-0.2, -0.15) is 18.3 Å². The van der Waals surface area contributed by atoms with Crippen molar-refractivity contribution >= 4 is 11.5 Å². The molecule has 0 aliphatic rings. The maximum absolute atomic E-state index is 13.4. The van der Waals surface area contributed by atoms with Crippen LogP contribution < -0.4 is 5.32 Å². The van der Waals surface area contributed by atoms with E-state index in [9.17, 15) is 13.2 Å². The first kappa shape index (κ1) is 21.9. The van der Waals surface area contributed by atoms with Crippen molar-refractivity contribution in [2.75, 3.05) is 12.4 Å². The van der Waals surface area contributed by atoms with Gasteiger partial charge in [-0.3, -0.25) is 0 Å². The highest BCUT2D eigenvalue weighted by Crippen LogP contribution is 2.35. The molecule has 0 bridgehead atoms. The number of rotatable bonds is 6. The molecule has 2 aromatic carbocycles. The van der Waals surface area contributed by atoms with Crippen LogP contribution in [0.2, 0.25) is 0 Å². The van der Waals surface area contributed by atoms with E-state index in [0.29, 0.717) is 22.7 Å². The number of fused-ring (bicyclic) bond motifs is 1. The van der Waals surface area contributed by atoms with Crippen LogP contribution in [0.5, 0.6) is 0 Å². The summed E-state index contributed by atoms with van der Waals surface area (Å²) < 4.78 is 41.7. The molecule has 4 rings (SSSR count). The summed E-state index contributed by atoms with van der Waals surface area (Å²) >= 11 is 0. The Bertz CT molecular complexity index is 1240. The Morgan fingerprint density at radius 2 is 1.75 bits per heavy atom. The summed E-state index contributed by atoms with van der Waals surface area (Å²) in [4.78, 5) is 4.75. The maximum Gasteiger partial charge on any atom is 0.416 e. The van der Waals surface area contributed by atoms with Gasteiger partial charge in [-0.15, -0.1) is 0 Å². The maximum atomic E-state index is 13.4. The summed E-state index contributed by atoms with van der Waals surface area (Å²) in [5, 5.41) is 7.88. The number of hydrogen-bond acceptors (Lipinski definition) is 3. The minimum absolute atomic E-state index is 0.434. The molecule has 4 nitrogen and oxygen atoms in total. The van der Waals surface area contributed by atoms with Crippen LogP contribution in [0.4, 0.5) is 19.0 Å². The Labute approximate surface area is 185 Å². The minimum atomic E-state index is -4.42. The lowest BCUT2D eigenvalue weighted by molar-refractivity contribution is -0.137. The van der Waals surface area contributed by atoms with Crippen molar-refractivity contribution < 1.29 is 13.2 Å². The number of nitrogens with zero attached hydrogens (tertiary/aromatic N) is 3. The standard InChI is InChI=1S/C25H25F3N4/c1-4-5-9-20-23(17-12-10-16(2)11-13-17)24-30-22(29-3)15-21(32(24)31-20)18-7-6-8-19(14-18)25(26,27)28/h6-8,10-15H,4-5,9H2,1-3H3,(H,29,30). The molecule has 0 aliphatic carbocycles. The van der Waals surface area contributed by atoms with Crippen LogP contribution in [-0.4, -0.2) is 21.6 Å². The lowest BCUT2D eigenvalue weighted by Crippen LogP contribution is -2.06. The van der Waals surface area contributed by atoms with Crippen molar-refractivity contribution in [1.82, 2.24) is 14.6 Å². The molecule has 0 saturated heterocycles. The van der Waals surface area contributed by atoms with Gasteiger partial charge in [0.25, 0.3) is 0 Å². The molecular formula is C25H25F3N4. The fraction of sp³-hybridized carbons (Fsp3) is 0.280. The fourth-order valence-electron chi connectivity index (χ4n) is 3.78. The van der Waals surface area contributed by atoms with Crippen molar-refractivity contribution in [3.63, 3.8) is 0 Å². The molecule has 0 spiro atoms. The third kappa shape index (κ3) is 4.20. The number of unbranched alkanes of at least 4 members (excludes halogenated alkanes) is 1. The molecule has 0 fully saturated rings. The second-order valence-corrected chi connectivity index (χ2v) is 7.88. The SMILES string of the molecule is CCCCc1nn2c(-c3cccc(C(F)(F)F)c3)cc(NC)nc2c1-c1ccc(C)cc1. The monoisotopic (exact) mass is 438 g/mol. The van der Waals surface area contributed by atoms with Crippen molar-refractivity contribution in [2.45, 2.75) is 39.3 Å². The number of benzene rings is 2. The lowest BCUT2D eigenvalue weighted by atomic mass is 10.0. The van der Waals surface area contributed by atoms with Gasteiger partial charge in [0.05, 0.1) is 17.0 Å². The van der Waals surface area contributed by atoms with Crippen molar-refractivity contribution in [3.05, 3.63) is 71.4 Å². The quantitative estimate of drug-likeness (QED) is 0.361. The Morgan fingerprint density at radius 3 is 2.41 bits per heavy atom. The normalized spacial score (nSPS) is 11.8. The number of hydrogen-bond donors (Lipinski definition) is 1. The second-order valence-electron chi connectivity index (χ2n) is 7.88. The molecule has 166 valence electrons. The molecule has 1 N–H and O–H groups in total. The van der Waals surface area contributed by atoms with E-state index in [1.54, 1.807) is 23.7 Å². The second kappa shape index (κ2) is 8.65. The zero-order valence-electron chi connectivity index (χ0n) is 18.3. The zero-order chi connectivity index (χ0) is 22.9. The van der Waals surface area contributed by atoms with Crippen molar-refractivity contribution in [1.29, 1.82) is 0 Å². The average Bonchev–Trinajstić information content (AvgIpc) is 3.15. The van der Waals surface area contributed by atoms with Crippen molar-refractivity contribution in [3.8, 4) is 22.4 Å². The smallest absolute Gasteiger partial charge is 0.373 e. The molecule has 0 aliphatic heterocycles. The molecule has 0 radical (unpaired) electrons. The third-order valence-corrected chi connectivity index (χ3v) is 5.51. The minimum Gasteiger partial charge on any atom is -0.373 e. The summed E-state index contributed by atoms with van der Waals surface area (Å²) in [7, 11) is 1.74. The highest BCUT2D eigenvalue weighted by molar-refractivity contribution is 5.83. The summed E-state index contributed by atoms with van der Waals surface area (Å²) in [6.07, 6.45) is -1.69. The molecule has 0 amide bonds. The van der Waals surface area contributed by atoms with Crippen LogP contribution in [0.1, 0.15) is 36.6 Å². The van der Waals surface area contributed by atoms with E-state index in [-0.39, 0.29) is 0 Å². The Morgan fingerprint density at radius 1 is 1.00 bits per heavy atom. The van der Waals surface area contributed by atoms with Gasteiger partial charge in [0.15, 0.2) is 5.65 Å². The van der Waals surface area contributed by atoms with Gasteiger partial charge in [-0.25, -0.2) is 9.50 Å². The number of aryl methyl sites for hydroxylation is 2. The zero-order valence-corrected chi connectivity index (χ0v) is 18.3. The van der Waals surface area contributed by atoms with Crippen LogP contribution in [0.3, 0.4) is 0 Å². The molecular weight excluding hydrogens is 413 g/mol. The van der Waals surface area contributed by atoms with E-state index < -0.39 is 11.7 Å². The van der Waals surface area contributed by atoms with E-state index in [1.165, 1.54) is 6.07 Å². The largest absolute Gasteiger partial charge is 0.416 e. The Hall–Kier alpha value is -3.35. The topological polar surface area (TPSA) is 42.2 Å². The molecule has 0 saturated carbocycles. The van der Waals surface area contributed by atoms with Gasteiger partial charge < -0.3 is 5.32 Å². The van der Waals surface area contributed by atoms with Gasteiger partial charge >= 0.3 is 6.18 Å². The van der Waals surface area contributed by atoms with Crippen LogP contribution in [0, 0.1) is 6.92 Å². The molecule has 0 unspecified atom stereocenters. The molecule has 0 atom stereocenters. The first-order valence-electron chi connectivity index (χ1n) is 10.7. The average molecular weight is 438 g/mol. The van der Waals surface area contributed by atoms with Crippen molar-refractivity contribution in [2.24, 2.45) is 0 Å². The molecule has 2 aromatic heterocycles. The highest BCUT2D eigenvalue weighted by Gasteiger charge is 2.31. The summed E-state index contributed by atoms with van der Waals surface area (Å²) in [5.41, 5.74) is 4.88. The number of aromatic nitrogens is 3. The summed E-state index contributed by atoms with van der Waals surface area (Å²) in [5.74, 6) is 0.570. The van der Waals surface area contributed by atoms with E-state index in [2.05, 4.69) is 12.2 Å². The lowest BCUT2D eigenvalue weighted by Gasteiger charge is -2.11. The predicted molar refractivity (Wildman–Crippen MR) is 122 cm³/mol. The molecule has 2 heterocycles. The first-order chi connectivity index (χ1) is 15.3. The van der Waals surface area contributed by atoms with Crippen LogP contribution in [0.15, 0.2) is 54.6 Å². The number of alkyl halides is 3. The number of halogens is 3. The predicted octanol–water partition coefficient (Wildman–Crippen LogP) is 6.77. The Balaban J connectivity index is 2.00. The van der Waals surface area contributed by atoms with Crippen LogP contribution in [0.25, 0.3) is 28.0 Å². The third-order valence-electron chi connectivity index (χ3n) is 5.51. The number of anilines is 1. The number of nitrogens with one attached hydrogen (secondary N) is 1. The van der Waals surface area contributed by atoms with Gasteiger partial charge in [0.1, 0.15) is 5.82 Å².